The Labute approximate surface area is 159 Å². The summed E-state index contributed by atoms with van der Waals surface area (Å²) in [6.45, 7) is 1.20. The van der Waals surface area contributed by atoms with Crippen LogP contribution in [0.1, 0.15) is 23.3 Å². The lowest BCUT2D eigenvalue weighted by Crippen LogP contribution is -2.44. The molecule has 3 heterocycles. The first-order valence-electron chi connectivity index (χ1n) is 8.48. The molecular weight excluding hydrogens is 396 g/mol. The number of likely N-dealkylation sites (tertiary alicyclic amines) is 1. The third kappa shape index (κ3) is 3.53. The summed E-state index contributed by atoms with van der Waals surface area (Å²) < 4.78 is 6.66. The summed E-state index contributed by atoms with van der Waals surface area (Å²) >= 11 is 3.30. The van der Waals surface area contributed by atoms with E-state index in [1.165, 1.54) is 0 Å². The number of amides is 1. The second-order valence-electron chi connectivity index (χ2n) is 6.20. The van der Waals surface area contributed by atoms with E-state index in [-0.39, 0.29) is 12.0 Å². The lowest BCUT2D eigenvalue weighted by molar-refractivity contribution is 0.0512. The fourth-order valence-corrected chi connectivity index (χ4v) is 3.37. The van der Waals surface area contributed by atoms with Crippen LogP contribution in [0.2, 0.25) is 0 Å². The predicted molar refractivity (Wildman–Crippen MR) is 101 cm³/mol. The van der Waals surface area contributed by atoms with Gasteiger partial charge in [0.05, 0.1) is 11.0 Å². The van der Waals surface area contributed by atoms with Crippen LogP contribution in [-0.2, 0) is 0 Å². The molecule has 1 aliphatic heterocycles. The van der Waals surface area contributed by atoms with Crippen molar-refractivity contribution in [2.75, 3.05) is 13.1 Å². The van der Waals surface area contributed by atoms with Crippen molar-refractivity contribution in [1.82, 2.24) is 19.9 Å². The van der Waals surface area contributed by atoms with Gasteiger partial charge in [-0.2, -0.15) is 0 Å². The van der Waals surface area contributed by atoms with E-state index >= 15 is 0 Å². The maximum Gasteiger partial charge on any atom is 0.316 e. The number of halogens is 1. The monoisotopic (exact) mass is 412 g/mol. The highest BCUT2D eigenvalue weighted by Gasteiger charge is 2.27. The SMILES string of the molecule is O=C(c1nccc2ccccc12)N1CCCC(Oc2ncc(Br)cn2)C1. The van der Waals surface area contributed by atoms with Crippen LogP contribution in [-0.4, -0.2) is 45.0 Å². The third-order valence-electron chi connectivity index (χ3n) is 4.41. The molecule has 0 saturated carbocycles. The van der Waals surface area contributed by atoms with E-state index in [9.17, 15) is 4.79 Å². The Morgan fingerprint density at radius 1 is 1.15 bits per heavy atom. The number of fused-ring (bicyclic) bond motifs is 1. The van der Waals surface area contributed by atoms with Gasteiger partial charge < -0.3 is 9.64 Å². The number of hydrogen-bond acceptors (Lipinski definition) is 5. The lowest BCUT2D eigenvalue weighted by atomic mass is 10.1. The van der Waals surface area contributed by atoms with Gasteiger partial charge in [0.15, 0.2) is 0 Å². The normalized spacial score (nSPS) is 17.3. The summed E-state index contributed by atoms with van der Waals surface area (Å²) in [4.78, 5) is 27.5. The number of hydrogen-bond donors (Lipinski definition) is 0. The maximum absolute atomic E-state index is 13.0. The summed E-state index contributed by atoms with van der Waals surface area (Å²) in [6.07, 6.45) is 6.60. The molecule has 6 nitrogen and oxygen atoms in total. The fraction of sp³-hybridized carbons (Fsp3) is 0.263. The van der Waals surface area contributed by atoms with Crippen molar-refractivity contribution in [2.45, 2.75) is 18.9 Å². The van der Waals surface area contributed by atoms with Gasteiger partial charge in [0, 0.05) is 30.5 Å². The van der Waals surface area contributed by atoms with Crippen molar-refractivity contribution < 1.29 is 9.53 Å². The molecule has 0 bridgehead atoms. The molecule has 1 fully saturated rings. The number of ether oxygens (including phenoxy) is 1. The molecule has 1 aromatic carbocycles. The van der Waals surface area contributed by atoms with Gasteiger partial charge in [-0.1, -0.05) is 24.3 Å². The summed E-state index contributed by atoms with van der Waals surface area (Å²) in [5.74, 6) is -0.0631. The standard InChI is InChI=1S/C19H17BrN4O2/c20-14-10-22-19(23-11-14)26-15-5-3-9-24(12-15)18(25)17-16-6-2-1-4-13(16)7-8-21-17/h1-2,4,6-8,10-11,15H,3,5,9,12H2. The minimum Gasteiger partial charge on any atom is -0.458 e. The number of piperidine rings is 1. The van der Waals surface area contributed by atoms with Crippen molar-refractivity contribution in [2.24, 2.45) is 0 Å². The molecule has 0 spiro atoms. The lowest BCUT2D eigenvalue weighted by Gasteiger charge is -2.32. The molecule has 1 aliphatic rings. The molecule has 7 heteroatoms. The highest BCUT2D eigenvalue weighted by Crippen LogP contribution is 2.21. The molecule has 0 aliphatic carbocycles. The zero-order valence-electron chi connectivity index (χ0n) is 14.0. The molecule has 1 unspecified atom stereocenters. The largest absolute Gasteiger partial charge is 0.458 e. The molecule has 0 N–H and O–H groups in total. The Kier molecular flexibility index (Phi) is 4.79. The van der Waals surface area contributed by atoms with E-state index in [1.807, 2.05) is 35.2 Å². The second-order valence-corrected chi connectivity index (χ2v) is 7.11. The minimum atomic E-state index is -0.121. The van der Waals surface area contributed by atoms with Gasteiger partial charge in [-0.05, 0) is 40.2 Å². The minimum absolute atomic E-state index is 0.0631. The van der Waals surface area contributed by atoms with Gasteiger partial charge >= 0.3 is 6.01 Å². The van der Waals surface area contributed by atoms with Crippen LogP contribution in [0.5, 0.6) is 6.01 Å². The Morgan fingerprint density at radius 3 is 2.81 bits per heavy atom. The molecule has 1 saturated heterocycles. The number of rotatable bonds is 3. The van der Waals surface area contributed by atoms with Crippen molar-refractivity contribution in [3.63, 3.8) is 0 Å². The predicted octanol–water partition coefficient (Wildman–Crippen LogP) is 3.47. The quantitative estimate of drug-likeness (QED) is 0.658. The van der Waals surface area contributed by atoms with Gasteiger partial charge in [0.1, 0.15) is 11.8 Å². The molecule has 0 radical (unpaired) electrons. The Morgan fingerprint density at radius 2 is 1.96 bits per heavy atom. The number of carbonyl (C=O) groups is 1. The van der Waals surface area contributed by atoms with Crippen LogP contribution in [0.25, 0.3) is 10.8 Å². The van der Waals surface area contributed by atoms with Crippen LogP contribution < -0.4 is 4.74 Å². The fourth-order valence-electron chi connectivity index (χ4n) is 3.17. The molecule has 1 amide bonds. The average molecular weight is 413 g/mol. The first-order chi connectivity index (χ1) is 12.7. The highest BCUT2D eigenvalue weighted by molar-refractivity contribution is 9.10. The zero-order chi connectivity index (χ0) is 17.9. The molecular formula is C19H17BrN4O2. The van der Waals surface area contributed by atoms with Gasteiger partial charge in [0.25, 0.3) is 5.91 Å². The van der Waals surface area contributed by atoms with Gasteiger partial charge in [-0.15, -0.1) is 0 Å². The van der Waals surface area contributed by atoms with Gasteiger partial charge in [-0.3, -0.25) is 9.78 Å². The zero-order valence-corrected chi connectivity index (χ0v) is 15.6. The van der Waals surface area contributed by atoms with E-state index < -0.39 is 0 Å². The Hall–Kier alpha value is -2.54. The first kappa shape index (κ1) is 16.9. The molecule has 1 atom stereocenters. The Bertz CT molecular complexity index is 927. The van der Waals surface area contributed by atoms with E-state index in [1.54, 1.807) is 18.6 Å². The number of carbonyl (C=O) groups excluding carboxylic acids is 1. The molecule has 4 rings (SSSR count). The summed E-state index contributed by atoms with van der Waals surface area (Å²) in [6, 6.07) is 10.0. The maximum atomic E-state index is 13.0. The van der Waals surface area contributed by atoms with Crippen molar-refractivity contribution in [1.29, 1.82) is 0 Å². The van der Waals surface area contributed by atoms with Crippen LogP contribution in [0.3, 0.4) is 0 Å². The van der Waals surface area contributed by atoms with E-state index in [4.69, 9.17) is 4.74 Å². The number of nitrogens with zero attached hydrogens (tertiary/aromatic N) is 4. The summed E-state index contributed by atoms with van der Waals surface area (Å²) in [5, 5.41) is 1.89. The van der Waals surface area contributed by atoms with Crippen LogP contribution in [0.15, 0.2) is 53.4 Å². The van der Waals surface area contributed by atoms with Crippen LogP contribution in [0, 0.1) is 0 Å². The summed E-state index contributed by atoms with van der Waals surface area (Å²) in [5.41, 5.74) is 0.489. The van der Waals surface area contributed by atoms with Crippen LogP contribution in [0.4, 0.5) is 0 Å². The van der Waals surface area contributed by atoms with Gasteiger partial charge in [-0.25, -0.2) is 9.97 Å². The average Bonchev–Trinajstić information content (AvgIpc) is 2.69. The summed E-state index contributed by atoms with van der Waals surface area (Å²) in [7, 11) is 0. The number of benzene rings is 1. The van der Waals surface area contributed by atoms with Crippen molar-refractivity contribution >= 4 is 32.6 Å². The molecule has 2 aromatic heterocycles. The van der Waals surface area contributed by atoms with Crippen molar-refractivity contribution in [3.05, 3.63) is 59.1 Å². The van der Waals surface area contributed by atoms with Crippen molar-refractivity contribution in [3.8, 4) is 6.01 Å². The molecule has 132 valence electrons. The molecule has 26 heavy (non-hydrogen) atoms. The topological polar surface area (TPSA) is 68.2 Å². The van der Waals surface area contributed by atoms with Gasteiger partial charge in [0.2, 0.25) is 0 Å². The number of aromatic nitrogens is 3. The highest BCUT2D eigenvalue weighted by atomic mass is 79.9. The number of pyridine rings is 1. The van der Waals surface area contributed by atoms with E-state index in [2.05, 4.69) is 30.9 Å². The third-order valence-corrected chi connectivity index (χ3v) is 4.82. The molecule has 3 aromatic rings. The van der Waals surface area contributed by atoms with E-state index in [0.717, 1.165) is 28.1 Å². The van der Waals surface area contributed by atoms with Crippen LogP contribution >= 0.6 is 15.9 Å². The Balaban J connectivity index is 1.51. The second kappa shape index (κ2) is 7.37. The first-order valence-corrected chi connectivity index (χ1v) is 9.27. The smallest absolute Gasteiger partial charge is 0.316 e. The van der Waals surface area contributed by atoms with E-state index in [0.29, 0.717) is 24.8 Å².